The molecule has 0 fully saturated rings. The van der Waals surface area contributed by atoms with Gasteiger partial charge in [0.1, 0.15) is 0 Å². The van der Waals surface area contributed by atoms with Crippen molar-refractivity contribution in [1.29, 1.82) is 0 Å². The smallest absolute Gasteiger partial charge is 0.0897 e. The number of thiazole rings is 1. The van der Waals surface area contributed by atoms with E-state index in [0.29, 0.717) is 6.04 Å². The van der Waals surface area contributed by atoms with Gasteiger partial charge in [-0.05, 0) is 27.3 Å². The summed E-state index contributed by atoms with van der Waals surface area (Å²) in [5.74, 6) is 0. The van der Waals surface area contributed by atoms with E-state index in [-0.39, 0.29) is 0 Å². The fraction of sp³-hybridized carbons (Fsp3) is 0.545. The number of rotatable bonds is 4. The first kappa shape index (κ1) is 11.4. The van der Waals surface area contributed by atoms with Gasteiger partial charge in [-0.15, -0.1) is 11.3 Å². The van der Waals surface area contributed by atoms with Gasteiger partial charge in [0.15, 0.2) is 0 Å². The fourth-order valence-electron chi connectivity index (χ4n) is 1.32. The zero-order valence-electron chi connectivity index (χ0n) is 9.29. The summed E-state index contributed by atoms with van der Waals surface area (Å²) in [7, 11) is 0. The number of aryl methyl sites for hydroxylation is 1. The summed E-state index contributed by atoms with van der Waals surface area (Å²) in [4.78, 5) is 5.57. The molecule has 1 aromatic rings. The van der Waals surface area contributed by atoms with Crippen LogP contribution in [-0.2, 0) is 0 Å². The van der Waals surface area contributed by atoms with E-state index in [0.717, 1.165) is 11.6 Å². The van der Waals surface area contributed by atoms with Crippen LogP contribution in [0.3, 0.4) is 0 Å². The van der Waals surface area contributed by atoms with E-state index >= 15 is 0 Å². The Labute approximate surface area is 90.1 Å². The Bertz CT molecular complexity index is 311. The standard InChI is InChI=1S/C11H18N2S/c1-5-12-10(6-8(2)3)11-7-13-9(4)14-11/h6-7,10,12H,5H2,1-4H3. The number of nitrogens with zero attached hydrogens (tertiary/aromatic N) is 1. The molecule has 1 aromatic heterocycles. The first-order valence-corrected chi connectivity index (χ1v) is 5.76. The van der Waals surface area contributed by atoms with Gasteiger partial charge in [-0.3, -0.25) is 0 Å². The average Bonchev–Trinajstić information content (AvgIpc) is 2.50. The third kappa shape index (κ3) is 3.24. The van der Waals surface area contributed by atoms with Crippen molar-refractivity contribution in [3.05, 3.63) is 27.7 Å². The molecule has 0 amide bonds. The Hall–Kier alpha value is -0.670. The van der Waals surface area contributed by atoms with Crippen LogP contribution in [0.25, 0.3) is 0 Å². The Morgan fingerprint density at radius 3 is 2.79 bits per heavy atom. The average molecular weight is 210 g/mol. The number of allylic oxidation sites excluding steroid dienone is 1. The largest absolute Gasteiger partial charge is 0.306 e. The molecule has 0 bridgehead atoms. The third-order valence-electron chi connectivity index (χ3n) is 1.87. The molecular weight excluding hydrogens is 192 g/mol. The van der Waals surface area contributed by atoms with Gasteiger partial charge < -0.3 is 5.32 Å². The van der Waals surface area contributed by atoms with Gasteiger partial charge in [0, 0.05) is 11.1 Å². The Morgan fingerprint density at radius 1 is 1.64 bits per heavy atom. The van der Waals surface area contributed by atoms with E-state index in [2.05, 4.69) is 37.1 Å². The SMILES string of the molecule is CCNC(C=C(C)C)c1cnc(C)s1. The maximum atomic E-state index is 4.28. The molecule has 78 valence electrons. The van der Waals surface area contributed by atoms with Crippen LogP contribution < -0.4 is 5.32 Å². The summed E-state index contributed by atoms with van der Waals surface area (Å²) in [6.45, 7) is 9.39. The highest BCUT2D eigenvalue weighted by Gasteiger charge is 2.09. The van der Waals surface area contributed by atoms with Crippen molar-refractivity contribution < 1.29 is 0 Å². The maximum absolute atomic E-state index is 4.28. The molecule has 14 heavy (non-hydrogen) atoms. The second-order valence-corrected chi connectivity index (χ2v) is 4.83. The topological polar surface area (TPSA) is 24.9 Å². The monoisotopic (exact) mass is 210 g/mol. The van der Waals surface area contributed by atoms with Gasteiger partial charge >= 0.3 is 0 Å². The van der Waals surface area contributed by atoms with Crippen LogP contribution in [0.4, 0.5) is 0 Å². The Balaban J connectivity index is 2.82. The van der Waals surface area contributed by atoms with E-state index in [1.165, 1.54) is 10.5 Å². The molecule has 1 rings (SSSR count). The van der Waals surface area contributed by atoms with Crippen molar-refractivity contribution in [2.45, 2.75) is 33.7 Å². The summed E-state index contributed by atoms with van der Waals surface area (Å²) in [5, 5.41) is 4.57. The summed E-state index contributed by atoms with van der Waals surface area (Å²) < 4.78 is 0. The van der Waals surface area contributed by atoms with E-state index in [1.807, 2.05) is 13.1 Å². The molecule has 0 aliphatic carbocycles. The molecule has 1 atom stereocenters. The first-order valence-electron chi connectivity index (χ1n) is 4.94. The van der Waals surface area contributed by atoms with Crippen molar-refractivity contribution in [1.82, 2.24) is 10.3 Å². The second kappa shape index (κ2) is 5.27. The van der Waals surface area contributed by atoms with Crippen LogP contribution in [0.15, 0.2) is 17.8 Å². The van der Waals surface area contributed by atoms with Crippen LogP contribution in [0.2, 0.25) is 0 Å². The summed E-state index contributed by atoms with van der Waals surface area (Å²) in [5.41, 5.74) is 1.34. The van der Waals surface area contributed by atoms with E-state index in [1.54, 1.807) is 11.3 Å². The van der Waals surface area contributed by atoms with Crippen LogP contribution >= 0.6 is 11.3 Å². The lowest BCUT2D eigenvalue weighted by Crippen LogP contribution is -2.18. The molecule has 1 N–H and O–H groups in total. The third-order valence-corrected chi connectivity index (χ3v) is 2.87. The summed E-state index contributed by atoms with van der Waals surface area (Å²) in [6, 6.07) is 0.330. The highest BCUT2D eigenvalue weighted by Crippen LogP contribution is 2.22. The quantitative estimate of drug-likeness (QED) is 0.773. The van der Waals surface area contributed by atoms with Crippen LogP contribution in [0.5, 0.6) is 0 Å². The highest BCUT2D eigenvalue weighted by atomic mass is 32.1. The minimum Gasteiger partial charge on any atom is -0.306 e. The Morgan fingerprint density at radius 2 is 2.36 bits per heavy atom. The van der Waals surface area contributed by atoms with Crippen molar-refractivity contribution in [2.24, 2.45) is 0 Å². The van der Waals surface area contributed by atoms with Gasteiger partial charge in [0.2, 0.25) is 0 Å². The van der Waals surface area contributed by atoms with Crippen molar-refractivity contribution in [3.63, 3.8) is 0 Å². The molecule has 0 saturated carbocycles. The zero-order valence-corrected chi connectivity index (χ0v) is 10.1. The molecule has 1 unspecified atom stereocenters. The summed E-state index contributed by atoms with van der Waals surface area (Å²) >= 11 is 1.76. The first-order chi connectivity index (χ1) is 6.63. The van der Waals surface area contributed by atoms with E-state index in [4.69, 9.17) is 0 Å². The molecule has 0 saturated heterocycles. The summed E-state index contributed by atoms with van der Waals surface area (Å²) in [6.07, 6.45) is 4.21. The second-order valence-electron chi connectivity index (χ2n) is 3.56. The van der Waals surface area contributed by atoms with Gasteiger partial charge in [-0.25, -0.2) is 4.98 Å². The van der Waals surface area contributed by atoms with Gasteiger partial charge in [0.25, 0.3) is 0 Å². The normalized spacial score (nSPS) is 12.6. The molecule has 2 nitrogen and oxygen atoms in total. The number of aromatic nitrogens is 1. The lowest BCUT2D eigenvalue weighted by molar-refractivity contribution is 0.653. The lowest BCUT2D eigenvalue weighted by Gasteiger charge is -2.11. The molecule has 3 heteroatoms. The lowest BCUT2D eigenvalue weighted by atomic mass is 10.2. The van der Waals surface area contributed by atoms with Crippen molar-refractivity contribution in [3.8, 4) is 0 Å². The molecule has 1 heterocycles. The Kier molecular flexibility index (Phi) is 4.29. The van der Waals surface area contributed by atoms with Crippen molar-refractivity contribution in [2.75, 3.05) is 6.54 Å². The number of likely N-dealkylation sites (N-methyl/N-ethyl adjacent to an activating group) is 1. The number of hydrogen-bond acceptors (Lipinski definition) is 3. The highest BCUT2D eigenvalue weighted by molar-refractivity contribution is 7.11. The number of nitrogens with one attached hydrogen (secondary N) is 1. The predicted octanol–water partition coefficient (Wildman–Crippen LogP) is 3.07. The van der Waals surface area contributed by atoms with Crippen LogP contribution in [0.1, 0.15) is 36.7 Å². The van der Waals surface area contributed by atoms with E-state index in [9.17, 15) is 0 Å². The zero-order chi connectivity index (χ0) is 10.6. The molecule has 0 radical (unpaired) electrons. The molecule has 0 spiro atoms. The van der Waals surface area contributed by atoms with Crippen LogP contribution in [0, 0.1) is 6.92 Å². The van der Waals surface area contributed by atoms with Gasteiger partial charge in [-0.2, -0.15) is 0 Å². The predicted molar refractivity (Wildman–Crippen MR) is 62.7 cm³/mol. The molecule has 0 aromatic carbocycles. The minimum atomic E-state index is 0.330. The van der Waals surface area contributed by atoms with Gasteiger partial charge in [0.05, 0.1) is 11.0 Å². The number of hydrogen-bond donors (Lipinski definition) is 1. The maximum Gasteiger partial charge on any atom is 0.0897 e. The van der Waals surface area contributed by atoms with E-state index < -0.39 is 0 Å². The minimum absolute atomic E-state index is 0.330. The van der Waals surface area contributed by atoms with Crippen molar-refractivity contribution >= 4 is 11.3 Å². The molecular formula is C11H18N2S. The van der Waals surface area contributed by atoms with Crippen LogP contribution in [-0.4, -0.2) is 11.5 Å². The fourth-order valence-corrected chi connectivity index (χ4v) is 2.15. The molecule has 0 aliphatic heterocycles. The molecule has 0 aliphatic rings. The van der Waals surface area contributed by atoms with Gasteiger partial charge in [-0.1, -0.05) is 18.6 Å².